The molecule has 1 amide bonds. The van der Waals surface area contributed by atoms with Crippen LogP contribution in [0.4, 0.5) is 17.1 Å². The molecule has 0 unspecified atom stereocenters. The van der Waals surface area contributed by atoms with Crippen molar-refractivity contribution in [2.24, 2.45) is 0 Å². The van der Waals surface area contributed by atoms with Gasteiger partial charge in [0.2, 0.25) is 0 Å². The molecule has 10 heteroatoms. The van der Waals surface area contributed by atoms with E-state index in [1.165, 1.54) is 30.3 Å². The number of amides is 1. The lowest BCUT2D eigenvalue weighted by atomic mass is 10.1. The molecule has 0 spiro atoms. The molecule has 0 aromatic heterocycles. The second-order valence-corrected chi connectivity index (χ2v) is 8.43. The van der Waals surface area contributed by atoms with Crippen LogP contribution in [0.3, 0.4) is 0 Å². The normalized spacial score (nSPS) is 11.0. The zero-order chi connectivity index (χ0) is 21.9. The van der Waals surface area contributed by atoms with Crippen LogP contribution in [0, 0.1) is 17.0 Å². The van der Waals surface area contributed by atoms with Crippen molar-refractivity contribution in [3.05, 3.63) is 93.0 Å². The average Bonchev–Trinajstić information content (AvgIpc) is 2.70. The molecule has 0 heterocycles. The fourth-order valence-electron chi connectivity index (χ4n) is 2.65. The molecule has 154 valence electrons. The second kappa shape index (κ2) is 8.52. The van der Waals surface area contributed by atoms with Crippen LogP contribution in [0.1, 0.15) is 15.9 Å². The van der Waals surface area contributed by atoms with Crippen LogP contribution in [0.2, 0.25) is 5.02 Å². The van der Waals surface area contributed by atoms with Gasteiger partial charge in [0.15, 0.2) is 0 Å². The highest BCUT2D eigenvalue weighted by molar-refractivity contribution is 7.92. The maximum absolute atomic E-state index is 12.7. The highest BCUT2D eigenvalue weighted by atomic mass is 35.5. The number of halogens is 1. The van der Waals surface area contributed by atoms with E-state index in [1.54, 1.807) is 30.3 Å². The summed E-state index contributed by atoms with van der Waals surface area (Å²) in [6, 6.07) is 15.7. The second-order valence-electron chi connectivity index (χ2n) is 6.34. The first-order valence-electron chi connectivity index (χ1n) is 8.61. The lowest BCUT2D eigenvalue weighted by Crippen LogP contribution is -2.18. The average molecular weight is 446 g/mol. The van der Waals surface area contributed by atoms with Crippen LogP contribution in [0.25, 0.3) is 0 Å². The van der Waals surface area contributed by atoms with Crippen LogP contribution in [0.15, 0.2) is 71.6 Å². The number of nitro benzene ring substituents is 1. The Labute approximate surface area is 177 Å². The minimum absolute atomic E-state index is 0.0183. The number of anilines is 2. The smallest absolute Gasteiger partial charge is 0.270 e. The van der Waals surface area contributed by atoms with Crippen molar-refractivity contribution in [3.63, 3.8) is 0 Å². The number of nitrogens with zero attached hydrogens (tertiary/aromatic N) is 1. The Morgan fingerprint density at radius 1 is 1.00 bits per heavy atom. The zero-order valence-electron chi connectivity index (χ0n) is 15.6. The fraction of sp³-hybridized carbons (Fsp3) is 0.0500. The Balaban J connectivity index is 1.90. The molecular weight excluding hydrogens is 430 g/mol. The lowest BCUT2D eigenvalue weighted by molar-refractivity contribution is -0.385. The number of hydrogen-bond acceptors (Lipinski definition) is 5. The number of nitrogens with one attached hydrogen (secondary N) is 2. The van der Waals surface area contributed by atoms with Gasteiger partial charge in [-0.05, 0) is 42.8 Å². The highest BCUT2D eigenvalue weighted by Gasteiger charge is 2.21. The summed E-state index contributed by atoms with van der Waals surface area (Å²) in [7, 11) is -4.17. The van der Waals surface area contributed by atoms with Gasteiger partial charge in [-0.25, -0.2) is 8.42 Å². The zero-order valence-corrected chi connectivity index (χ0v) is 17.2. The van der Waals surface area contributed by atoms with Crippen LogP contribution < -0.4 is 10.0 Å². The standard InChI is InChI=1S/C20H16ClN3O5S/c1-13-9-10-19(17(21)11-13)22-20(25)16-7-2-3-8-18(16)23-30(28,29)15-6-4-5-14(12-15)24(26)27/h2-12,23H,1H3,(H,22,25). The molecule has 30 heavy (non-hydrogen) atoms. The molecule has 3 aromatic rings. The van der Waals surface area contributed by atoms with Crippen LogP contribution in [-0.2, 0) is 10.0 Å². The molecule has 3 aromatic carbocycles. The molecule has 0 radical (unpaired) electrons. The van der Waals surface area contributed by atoms with Crippen molar-refractivity contribution < 1.29 is 18.1 Å². The van der Waals surface area contributed by atoms with Gasteiger partial charge in [-0.2, -0.15) is 0 Å². The predicted octanol–water partition coefficient (Wildman–Crippen LogP) is 4.61. The van der Waals surface area contributed by atoms with Crippen LogP contribution in [-0.4, -0.2) is 19.2 Å². The molecule has 0 fully saturated rings. The number of rotatable bonds is 6. The summed E-state index contributed by atoms with van der Waals surface area (Å²) in [5, 5.41) is 13.9. The monoisotopic (exact) mass is 445 g/mol. The number of sulfonamides is 1. The van der Waals surface area contributed by atoms with Crippen molar-refractivity contribution >= 4 is 44.6 Å². The van der Waals surface area contributed by atoms with Crippen molar-refractivity contribution in [1.82, 2.24) is 0 Å². The predicted molar refractivity (Wildman–Crippen MR) is 114 cm³/mol. The van der Waals surface area contributed by atoms with E-state index in [-0.39, 0.29) is 21.8 Å². The van der Waals surface area contributed by atoms with Gasteiger partial charge in [-0.3, -0.25) is 19.6 Å². The Hall–Kier alpha value is -3.43. The molecule has 0 saturated heterocycles. The number of non-ortho nitro benzene ring substituents is 1. The van der Waals surface area contributed by atoms with Crippen LogP contribution in [0.5, 0.6) is 0 Å². The first-order chi connectivity index (χ1) is 14.2. The number of aryl methyl sites for hydroxylation is 1. The largest absolute Gasteiger partial charge is 0.321 e. The van der Waals surface area contributed by atoms with Crippen molar-refractivity contribution in [1.29, 1.82) is 0 Å². The molecule has 0 aliphatic heterocycles. The number of carbonyl (C=O) groups is 1. The van der Waals surface area contributed by atoms with Gasteiger partial charge in [0, 0.05) is 12.1 Å². The summed E-state index contributed by atoms with van der Waals surface area (Å²) in [6.07, 6.45) is 0. The Kier molecular flexibility index (Phi) is 6.04. The summed E-state index contributed by atoms with van der Waals surface area (Å²) in [5.41, 5.74) is 1.01. The van der Waals surface area contributed by atoms with Gasteiger partial charge < -0.3 is 5.32 Å². The summed E-state index contributed by atoms with van der Waals surface area (Å²) in [6.45, 7) is 1.86. The van der Waals surface area contributed by atoms with E-state index in [1.807, 2.05) is 6.92 Å². The number of benzene rings is 3. The van der Waals surface area contributed by atoms with E-state index in [4.69, 9.17) is 11.6 Å². The minimum Gasteiger partial charge on any atom is -0.321 e. The Morgan fingerprint density at radius 3 is 2.43 bits per heavy atom. The highest BCUT2D eigenvalue weighted by Crippen LogP contribution is 2.26. The Morgan fingerprint density at radius 2 is 1.73 bits per heavy atom. The van der Waals surface area contributed by atoms with Crippen molar-refractivity contribution in [2.75, 3.05) is 10.0 Å². The topological polar surface area (TPSA) is 118 Å². The molecular formula is C20H16ClN3O5S. The molecule has 8 nitrogen and oxygen atoms in total. The molecule has 0 aliphatic rings. The summed E-state index contributed by atoms with van der Waals surface area (Å²) in [5.74, 6) is -0.571. The number of para-hydroxylation sites is 1. The Bertz CT molecular complexity index is 1240. The van der Waals surface area contributed by atoms with Crippen molar-refractivity contribution in [3.8, 4) is 0 Å². The minimum atomic E-state index is -4.17. The molecule has 0 atom stereocenters. The molecule has 0 aliphatic carbocycles. The summed E-state index contributed by atoms with van der Waals surface area (Å²) in [4.78, 5) is 22.7. The third-order valence-corrected chi connectivity index (χ3v) is 5.80. The molecule has 3 rings (SSSR count). The summed E-state index contributed by atoms with van der Waals surface area (Å²) >= 11 is 6.15. The maximum Gasteiger partial charge on any atom is 0.270 e. The SMILES string of the molecule is Cc1ccc(NC(=O)c2ccccc2NS(=O)(=O)c2cccc([N+](=O)[O-])c2)c(Cl)c1. The van der Waals surface area contributed by atoms with Crippen molar-refractivity contribution in [2.45, 2.75) is 11.8 Å². The number of hydrogen-bond donors (Lipinski definition) is 2. The van der Waals surface area contributed by atoms with Gasteiger partial charge in [0.05, 0.1) is 31.8 Å². The summed E-state index contributed by atoms with van der Waals surface area (Å²) < 4.78 is 27.7. The van der Waals surface area contributed by atoms with E-state index in [0.717, 1.165) is 11.6 Å². The van der Waals surface area contributed by atoms with Gasteiger partial charge >= 0.3 is 0 Å². The first-order valence-corrected chi connectivity index (χ1v) is 10.5. The van der Waals surface area contributed by atoms with E-state index >= 15 is 0 Å². The third kappa shape index (κ3) is 4.76. The van der Waals surface area contributed by atoms with Gasteiger partial charge in [0.1, 0.15) is 0 Å². The quantitative estimate of drug-likeness (QED) is 0.424. The lowest BCUT2D eigenvalue weighted by Gasteiger charge is -2.13. The molecule has 2 N–H and O–H groups in total. The van der Waals surface area contributed by atoms with E-state index in [9.17, 15) is 23.3 Å². The number of carbonyl (C=O) groups excluding carboxylic acids is 1. The molecule has 0 saturated carbocycles. The maximum atomic E-state index is 12.7. The third-order valence-electron chi connectivity index (χ3n) is 4.13. The fourth-order valence-corrected chi connectivity index (χ4v) is 4.05. The van der Waals surface area contributed by atoms with Gasteiger partial charge in [-0.15, -0.1) is 0 Å². The first kappa shape index (κ1) is 21.3. The van der Waals surface area contributed by atoms with Crippen LogP contribution >= 0.6 is 11.6 Å². The number of nitro groups is 1. The van der Waals surface area contributed by atoms with Gasteiger partial charge in [-0.1, -0.05) is 35.9 Å². The van der Waals surface area contributed by atoms with Gasteiger partial charge in [0.25, 0.3) is 21.6 Å². The van der Waals surface area contributed by atoms with E-state index < -0.39 is 20.9 Å². The van der Waals surface area contributed by atoms with E-state index in [2.05, 4.69) is 10.0 Å². The molecule has 0 bridgehead atoms. The van der Waals surface area contributed by atoms with E-state index in [0.29, 0.717) is 10.7 Å².